The molecule has 0 saturated carbocycles. The number of methoxy groups -OCH3 is 1. The first-order valence-electron chi connectivity index (χ1n) is 5.69. The Balaban J connectivity index is 2.20. The molecule has 15 heavy (non-hydrogen) atoms. The van der Waals surface area contributed by atoms with E-state index in [0.29, 0.717) is 0 Å². The lowest BCUT2D eigenvalue weighted by molar-refractivity contribution is -0.160. The largest absolute Gasteiger partial charge is 0.469 e. The van der Waals surface area contributed by atoms with Crippen LogP contribution in [-0.2, 0) is 9.53 Å². The van der Waals surface area contributed by atoms with Crippen molar-refractivity contribution in [2.24, 2.45) is 5.41 Å². The van der Waals surface area contributed by atoms with Crippen LogP contribution in [0.15, 0.2) is 0 Å². The van der Waals surface area contributed by atoms with Gasteiger partial charge in [-0.1, -0.05) is 0 Å². The Morgan fingerprint density at radius 3 is 3.07 bits per heavy atom. The average Bonchev–Trinajstić information content (AvgIpc) is 2.28. The van der Waals surface area contributed by atoms with Crippen molar-refractivity contribution in [1.29, 1.82) is 0 Å². The highest BCUT2D eigenvalue weighted by Gasteiger charge is 2.50. The molecular weight excluding hydrogens is 192 g/mol. The van der Waals surface area contributed by atoms with Crippen molar-refractivity contribution in [2.45, 2.75) is 25.3 Å². The van der Waals surface area contributed by atoms with E-state index in [0.717, 1.165) is 38.9 Å². The number of carbonyl (C=O) groups is 1. The van der Waals surface area contributed by atoms with Gasteiger partial charge in [0.1, 0.15) is 0 Å². The molecule has 0 amide bonds. The zero-order chi connectivity index (χ0) is 10.9. The van der Waals surface area contributed by atoms with Gasteiger partial charge in [-0.05, 0) is 39.4 Å². The maximum atomic E-state index is 11.9. The Morgan fingerprint density at radius 2 is 2.33 bits per heavy atom. The second-order valence-electron chi connectivity index (χ2n) is 4.77. The van der Waals surface area contributed by atoms with Gasteiger partial charge in [0.25, 0.3) is 0 Å². The van der Waals surface area contributed by atoms with E-state index >= 15 is 0 Å². The highest BCUT2D eigenvalue weighted by atomic mass is 16.5. The molecule has 0 aromatic carbocycles. The number of hydrogen-bond donors (Lipinski definition) is 1. The molecule has 2 aliphatic rings. The Kier molecular flexibility index (Phi) is 2.98. The molecule has 2 saturated heterocycles. The van der Waals surface area contributed by atoms with Crippen molar-refractivity contribution in [3.05, 3.63) is 0 Å². The summed E-state index contributed by atoms with van der Waals surface area (Å²) >= 11 is 0. The van der Waals surface area contributed by atoms with Gasteiger partial charge in [-0.15, -0.1) is 0 Å². The standard InChI is InChI=1S/C11H20N2O2/c1-13-7-5-11(10(14)15-2)4-3-6-12-9(11)8-13/h9,12H,3-8H2,1-2H3. The van der Waals surface area contributed by atoms with Gasteiger partial charge in [-0.2, -0.15) is 0 Å². The molecule has 2 aliphatic heterocycles. The van der Waals surface area contributed by atoms with Crippen LogP contribution < -0.4 is 5.32 Å². The number of piperidine rings is 2. The molecule has 0 aromatic rings. The minimum atomic E-state index is -0.250. The number of likely N-dealkylation sites (tertiary alicyclic amines) is 1. The first kappa shape index (κ1) is 10.9. The molecule has 4 heteroatoms. The third-order valence-corrected chi connectivity index (χ3v) is 3.88. The molecule has 86 valence electrons. The van der Waals surface area contributed by atoms with E-state index in [4.69, 9.17) is 4.74 Å². The van der Waals surface area contributed by atoms with Gasteiger partial charge in [0.15, 0.2) is 0 Å². The molecule has 1 N–H and O–H groups in total. The first-order valence-corrected chi connectivity index (χ1v) is 5.69. The van der Waals surface area contributed by atoms with Gasteiger partial charge in [0, 0.05) is 12.6 Å². The van der Waals surface area contributed by atoms with Crippen LogP contribution in [0.3, 0.4) is 0 Å². The average molecular weight is 212 g/mol. The molecule has 2 unspecified atom stereocenters. The van der Waals surface area contributed by atoms with Crippen LogP contribution >= 0.6 is 0 Å². The van der Waals surface area contributed by atoms with E-state index in [1.807, 2.05) is 0 Å². The Bertz CT molecular complexity index is 257. The van der Waals surface area contributed by atoms with Crippen molar-refractivity contribution < 1.29 is 9.53 Å². The number of nitrogens with one attached hydrogen (secondary N) is 1. The van der Waals surface area contributed by atoms with E-state index < -0.39 is 0 Å². The Morgan fingerprint density at radius 1 is 1.53 bits per heavy atom. The lowest BCUT2D eigenvalue weighted by Gasteiger charge is -2.48. The Labute approximate surface area is 91.0 Å². The second kappa shape index (κ2) is 4.10. The smallest absolute Gasteiger partial charge is 0.313 e. The predicted octanol–water partition coefficient (Wildman–Crippen LogP) is 0.233. The van der Waals surface area contributed by atoms with Crippen molar-refractivity contribution in [3.8, 4) is 0 Å². The zero-order valence-electron chi connectivity index (χ0n) is 9.58. The number of esters is 1. The van der Waals surface area contributed by atoms with Gasteiger partial charge < -0.3 is 15.0 Å². The fourth-order valence-corrected chi connectivity index (χ4v) is 2.93. The minimum Gasteiger partial charge on any atom is -0.469 e. The molecule has 0 spiro atoms. The summed E-state index contributed by atoms with van der Waals surface area (Å²) in [4.78, 5) is 14.2. The molecular formula is C11H20N2O2. The highest BCUT2D eigenvalue weighted by Crippen LogP contribution is 2.39. The van der Waals surface area contributed by atoms with Crippen molar-refractivity contribution in [1.82, 2.24) is 10.2 Å². The molecule has 2 atom stereocenters. The van der Waals surface area contributed by atoms with Crippen LogP contribution in [0.25, 0.3) is 0 Å². The number of hydrogen-bond acceptors (Lipinski definition) is 4. The lowest BCUT2D eigenvalue weighted by atomic mass is 9.69. The number of likely N-dealkylation sites (N-methyl/N-ethyl adjacent to an activating group) is 1. The Hall–Kier alpha value is -0.610. The number of nitrogens with zero attached hydrogens (tertiary/aromatic N) is 1. The normalized spacial score (nSPS) is 37.1. The number of carbonyl (C=O) groups excluding carboxylic acids is 1. The first-order chi connectivity index (χ1) is 7.19. The maximum Gasteiger partial charge on any atom is 0.313 e. The lowest BCUT2D eigenvalue weighted by Crippen LogP contribution is -2.62. The summed E-state index contributed by atoms with van der Waals surface area (Å²) in [5.41, 5.74) is -0.250. The monoisotopic (exact) mass is 212 g/mol. The summed E-state index contributed by atoms with van der Waals surface area (Å²) in [5, 5.41) is 3.46. The molecule has 4 nitrogen and oxygen atoms in total. The van der Waals surface area contributed by atoms with Crippen LogP contribution in [0, 0.1) is 5.41 Å². The zero-order valence-corrected chi connectivity index (χ0v) is 9.58. The summed E-state index contributed by atoms with van der Waals surface area (Å²) in [6.45, 7) is 2.97. The van der Waals surface area contributed by atoms with Gasteiger partial charge >= 0.3 is 5.97 Å². The quantitative estimate of drug-likeness (QED) is 0.632. The molecule has 0 radical (unpaired) electrons. The summed E-state index contributed by atoms with van der Waals surface area (Å²) < 4.78 is 4.99. The van der Waals surface area contributed by atoms with Gasteiger partial charge in [-0.3, -0.25) is 4.79 Å². The second-order valence-corrected chi connectivity index (χ2v) is 4.77. The van der Waals surface area contributed by atoms with E-state index in [-0.39, 0.29) is 17.4 Å². The fourth-order valence-electron chi connectivity index (χ4n) is 2.93. The van der Waals surface area contributed by atoms with Crippen LogP contribution in [-0.4, -0.2) is 50.7 Å². The summed E-state index contributed by atoms with van der Waals surface area (Å²) in [5.74, 6) is -0.0206. The van der Waals surface area contributed by atoms with E-state index in [9.17, 15) is 4.79 Å². The molecule has 0 aromatic heterocycles. The molecule has 2 heterocycles. The van der Waals surface area contributed by atoms with E-state index in [1.54, 1.807) is 0 Å². The molecule has 2 fully saturated rings. The molecule has 0 bridgehead atoms. The van der Waals surface area contributed by atoms with E-state index in [1.165, 1.54) is 7.11 Å². The molecule has 0 aliphatic carbocycles. The fraction of sp³-hybridized carbons (Fsp3) is 0.909. The van der Waals surface area contributed by atoms with E-state index in [2.05, 4.69) is 17.3 Å². The van der Waals surface area contributed by atoms with Crippen molar-refractivity contribution >= 4 is 5.97 Å². The molecule has 2 rings (SSSR count). The van der Waals surface area contributed by atoms with Crippen LogP contribution in [0.1, 0.15) is 19.3 Å². The van der Waals surface area contributed by atoms with Crippen LogP contribution in [0.2, 0.25) is 0 Å². The van der Waals surface area contributed by atoms with Crippen LogP contribution in [0.4, 0.5) is 0 Å². The maximum absolute atomic E-state index is 11.9. The number of ether oxygens (including phenoxy) is 1. The highest BCUT2D eigenvalue weighted by molar-refractivity contribution is 5.78. The summed E-state index contributed by atoms with van der Waals surface area (Å²) in [7, 11) is 3.61. The SMILES string of the molecule is COC(=O)C12CCCNC1CN(C)CC2. The topological polar surface area (TPSA) is 41.6 Å². The van der Waals surface area contributed by atoms with Crippen molar-refractivity contribution in [2.75, 3.05) is 33.8 Å². The predicted molar refractivity (Wildman–Crippen MR) is 57.6 cm³/mol. The third kappa shape index (κ3) is 1.76. The summed E-state index contributed by atoms with van der Waals surface area (Å²) in [6, 6.07) is 0.275. The third-order valence-electron chi connectivity index (χ3n) is 3.88. The van der Waals surface area contributed by atoms with Crippen LogP contribution in [0.5, 0.6) is 0 Å². The van der Waals surface area contributed by atoms with Gasteiger partial charge in [0.2, 0.25) is 0 Å². The van der Waals surface area contributed by atoms with Crippen molar-refractivity contribution in [3.63, 3.8) is 0 Å². The minimum absolute atomic E-state index is 0.0206. The number of rotatable bonds is 1. The number of fused-ring (bicyclic) bond motifs is 1. The van der Waals surface area contributed by atoms with Gasteiger partial charge in [-0.25, -0.2) is 0 Å². The van der Waals surface area contributed by atoms with Gasteiger partial charge in [0.05, 0.1) is 12.5 Å². The summed E-state index contributed by atoms with van der Waals surface area (Å²) in [6.07, 6.45) is 2.98.